The standard InChI is InChI=1S/C19H23N3O4S/c1-26-17-9-7-16(8-10-17)21-27(24,25)18-6-2-4-14(12-18)19(23)22-11-3-5-15(20)13-22/h2,4,6-10,12,15,21H,3,5,11,13,20H2,1H3/t15-/m1/s1. The quantitative estimate of drug-likeness (QED) is 0.815. The van der Waals surface area contributed by atoms with Crippen LogP contribution in [0.4, 0.5) is 5.69 Å². The van der Waals surface area contributed by atoms with Gasteiger partial charge in [0.1, 0.15) is 5.75 Å². The van der Waals surface area contributed by atoms with Gasteiger partial charge in [-0.05, 0) is 55.3 Å². The fourth-order valence-corrected chi connectivity index (χ4v) is 4.15. The van der Waals surface area contributed by atoms with Crippen molar-refractivity contribution in [3.63, 3.8) is 0 Å². The van der Waals surface area contributed by atoms with Gasteiger partial charge in [-0.3, -0.25) is 9.52 Å². The Morgan fingerprint density at radius 1 is 1.22 bits per heavy atom. The maximum absolute atomic E-state index is 12.7. The van der Waals surface area contributed by atoms with Crippen molar-refractivity contribution in [2.45, 2.75) is 23.8 Å². The number of carbonyl (C=O) groups is 1. The zero-order valence-electron chi connectivity index (χ0n) is 15.1. The molecule has 3 rings (SSSR count). The molecule has 0 radical (unpaired) electrons. The number of nitrogens with two attached hydrogens (primary N) is 1. The SMILES string of the molecule is COc1ccc(NS(=O)(=O)c2cccc(C(=O)N3CCC[C@@H](N)C3)c2)cc1. The highest BCUT2D eigenvalue weighted by Crippen LogP contribution is 2.21. The second-order valence-corrected chi connectivity index (χ2v) is 8.20. The first-order valence-corrected chi connectivity index (χ1v) is 10.2. The summed E-state index contributed by atoms with van der Waals surface area (Å²) in [7, 11) is -2.28. The van der Waals surface area contributed by atoms with Crippen LogP contribution >= 0.6 is 0 Å². The number of carbonyl (C=O) groups excluding carboxylic acids is 1. The molecule has 1 fully saturated rings. The molecule has 1 aliphatic heterocycles. The van der Waals surface area contributed by atoms with E-state index in [1.807, 2.05) is 0 Å². The molecule has 27 heavy (non-hydrogen) atoms. The van der Waals surface area contributed by atoms with Gasteiger partial charge in [0.05, 0.1) is 12.0 Å². The number of hydrogen-bond acceptors (Lipinski definition) is 5. The van der Waals surface area contributed by atoms with Crippen LogP contribution in [0.2, 0.25) is 0 Å². The lowest BCUT2D eigenvalue weighted by molar-refractivity contribution is 0.0708. The Kier molecular flexibility index (Phi) is 5.67. The Morgan fingerprint density at radius 2 is 1.96 bits per heavy atom. The smallest absolute Gasteiger partial charge is 0.261 e. The van der Waals surface area contributed by atoms with Crippen LogP contribution < -0.4 is 15.2 Å². The first kappa shape index (κ1) is 19.2. The molecule has 1 amide bonds. The highest BCUT2D eigenvalue weighted by Gasteiger charge is 2.24. The molecule has 8 heteroatoms. The molecular formula is C19H23N3O4S. The Balaban J connectivity index is 1.79. The van der Waals surface area contributed by atoms with Gasteiger partial charge in [-0.2, -0.15) is 0 Å². The van der Waals surface area contributed by atoms with E-state index in [9.17, 15) is 13.2 Å². The normalized spacial score (nSPS) is 17.4. The first-order chi connectivity index (χ1) is 12.9. The second-order valence-electron chi connectivity index (χ2n) is 6.52. The number of amides is 1. The van der Waals surface area contributed by atoms with Gasteiger partial charge in [-0.15, -0.1) is 0 Å². The molecule has 3 N–H and O–H groups in total. The third kappa shape index (κ3) is 4.58. The molecule has 7 nitrogen and oxygen atoms in total. The summed E-state index contributed by atoms with van der Waals surface area (Å²) in [6, 6.07) is 12.6. The van der Waals surface area contributed by atoms with E-state index >= 15 is 0 Å². The lowest BCUT2D eigenvalue weighted by atomic mass is 10.1. The number of piperidine rings is 1. The van der Waals surface area contributed by atoms with Crippen LogP contribution in [0.1, 0.15) is 23.2 Å². The van der Waals surface area contributed by atoms with Crippen molar-refractivity contribution >= 4 is 21.6 Å². The van der Waals surface area contributed by atoms with Crippen LogP contribution in [-0.2, 0) is 10.0 Å². The molecule has 1 atom stereocenters. The summed E-state index contributed by atoms with van der Waals surface area (Å²) >= 11 is 0. The molecule has 0 aromatic heterocycles. The van der Waals surface area contributed by atoms with Crippen molar-refractivity contribution in [3.8, 4) is 5.75 Å². The molecule has 0 aliphatic carbocycles. The molecule has 0 saturated carbocycles. The van der Waals surface area contributed by atoms with Gasteiger partial charge >= 0.3 is 0 Å². The van der Waals surface area contributed by atoms with Crippen molar-refractivity contribution in [1.82, 2.24) is 4.90 Å². The molecule has 2 aromatic carbocycles. The molecule has 144 valence electrons. The van der Waals surface area contributed by atoms with E-state index < -0.39 is 10.0 Å². The minimum absolute atomic E-state index is 0.0328. The Labute approximate surface area is 159 Å². The fourth-order valence-electron chi connectivity index (χ4n) is 3.05. The molecule has 1 aliphatic rings. The number of nitrogens with zero attached hydrogens (tertiary/aromatic N) is 1. The lowest BCUT2D eigenvalue weighted by Crippen LogP contribution is -2.45. The molecule has 1 saturated heterocycles. The van der Waals surface area contributed by atoms with Gasteiger partial charge in [0.25, 0.3) is 15.9 Å². The van der Waals surface area contributed by atoms with Crippen molar-refractivity contribution in [3.05, 3.63) is 54.1 Å². The summed E-state index contributed by atoms with van der Waals surface area (Å²) in [5.74, 6) is 0.428. The molecule has 0 unspecified atom stereocenters. The minimum atomic E-state index is -3.82. The van der Waals surface area contributed by atoms with Gasteiger partial charge in [-0.1, -0.05) is 6.07 Å². The minimum Gasteiger partial charge on any atom is -0.497 e. The second kappa shape index (κ2) is 7.98. The number of benzene rings is 2. The zero-order chi connectivity index (χ0) is 19.4. The number of methoxy groups -OCH3 is 1. The van der Waals surface area contributed by atoms with Crippen molar-refractivity contribution in [2.24, 2.45) is 5.73 Å². The first-order valence-electron chi connectivity index (χ1n) is 8.71. The average Bonchev–Trinajstić information content (AvgIpc) is 2.68. The highest BCUT2D eigenvalue weighted by atomic mass is 32.2. The van der Waals surface area contributed by atoms with E-state index in [0.717, 1.165) is 12.8 Å². The summed E-state index contributed by atoms with van der Waals surface area (Å²) in [4.78, 5) is 14.4. The summed E-state index contributed by atoms with van der Waals surface area (Å²) in [6.45, 7) is 1.12. The number of anilines is 1. The monoisotopic (exact) mass is 389 g/mol. The van der Waals surface area contributed by atoms with E-state index in [2.05, 4.69) is 4.72 Å². The number of likely N-dealkylation sites (tertiary alicyclic amines) is 1. The fraction of sp³-hybridized carbons (Fsp3) is 0.316. The van der Waals surface area contributed by atoms with Gasteiger partial charge in [0.15, 0.2) is 0 Å². The Bertz CT molecular complexity index is 913. The molecule has 2 aromatic rings. The van der Waals surface area contributed by atoms with Crippen LogP contribution in [0.5, 0.6) is 5.75 Å². The van der Waals surface area contributed by atoms with Crippen LogP contribution in [0, 0.1) is 0 Å². The lowest BCUT2D eigenvalue weighted by Gasteiger charge is -2.30. The van der Waals surface area contributed by atoms with E-state index in [4.69, 9.17) is 10.5 Å². The van der Waals surface area contributed by atoms with Gasteiger partial charge in [0.2, 0.25) is 0 Å². The van der Waals surface area contributed by atoms with E-state index in [0.29, 0.717) is 30.1 Å². The van der Waals surface area contributed by atoms with E-state index in [-0.39, 0.29) is 16.8 Å². The predicted octanol–water partition coefficient (Wildman–Crippen LogP) is 2.06. The van der Waals surface area contributed by atoms with Crippen molar-refractivity contribution in [2.75, 3.05) is 24.9 Å². The van der Waals surface area contributed by atoms with Gasteiger partial charge < -0.3 is 15.4 Å². The molecule has 0 bridgehead atoms. The Morgan fingerprint density at radius 3 is 2.63 bits per heavy atom. The van der Waals surface area contributed by atoms with Crippen LogP contribution in [0.25, 0.3) is 0 Å². The average molecular weight is 389 g/mol. The Hall–Kier alpha value is -2.58. The highest BCUT2D eigenvalue weighted by molar-refractivity contribution is 7.92. The maximum Gasteiger partial charge on any atom is 0.261 e. The van der Waals surface area contributed by atoms with E-state index in [1.54, 1.807) is 41.3 Å². The molecule has 1 heterocycles. The van der Waals surface area contributed by atoms with E-state index in [1.165, 1.54) is 19.2 Å². The topological polar surface area (TPSA) is 102 Å². The van der Waals surface area contributed by atoms with Crippen LogP contribution in [-0.4, -0.2) is 45.5 Å². The summed E-state index contributed by atoms with van der Waals surface area (Å²) in [5, 5.41) is 0. The third-order valence-electron chi connectivity index (χ3n) is 4.48. The molecule has 0 spiro atoms. The summed E-state index contributed by atoms with van der Waals surface area (Å²) < 4.78 is 32.9. The van der Waals surface area contributed by atoms with Crippen molar-refractivity contribution in [1.29, 1.82) is 0 Å². The molecular weight excluding hydrogens is 366 g/mol. The zero-order valence-corrected chi connectivity index (χ0v) is 15.9. The maximum atomic E-state index is 12.7. The number of nitrogens with one attached hydrogen (secondary N) is 1. The van der Waals surface area contributed by atoms with Gasteiger partial charge in [-0.25, -0.2) is 8.42 Å². The van der Waals surface area contributed by atoms with Gasteiger partial charge in [0, 0.05) is 30.4 Å². The predicted molar refractivity (Wildman–Crippen MR) is 103 cm³/mol. The third-order valence-corrected chi connectivity index (χ3v) is 5.86. The number of ether oxygens (including phenoxy) is 1. The largest absolute Gasteiger partial charge is 0.497 e. The number of rotatable bonds is 5. The number of hydrogen-bond donors (Lipinski definition) is 2. The van der Waals surface area contributed by atoms with Crippen LogP contribution in [0.15, 0.2) is 53.4 Å². The number of sulfonamides is 1. The van der Waals surface area contributed by atoms with Crippen LogP contribution in [0.3, 0.4) is 0 Å². The summed E-state index contributed by atoms with van der Waals surface area (Å²) in [5.41, 5.74) is 6.68. The van der Waals surface area contributed by atoms with Crippen molar-refractivity contribution < 1.29 is 17.9 Å². The summed E-state index contributed by atoms with van der Waals surface area (Å²) in [6.07, 6.45) is 1.74.